The number of nitrogen functional groups attached to an aromatic ring is 1. The summed E-state index contributed by atoms with van der Waals surface area (Å²) >= 11 is 4.59. The van der Waals surface area contributed by atoms with Crippen LogP contribution in [0.2, 0.25) is 0 Å². The zero-order chi connectivity index (χ0) is 14.7. The van der Waals surface area contributed by atoms with E-state index in [-0.39, 0.29) is 5.82 Å². The fourth-order valence-electron chi connectivity index (χ4n) is 1.77. The summed E-state index contributed by atoms with van der Waals surface area (Å²) in [5.74, 6) is 1.94. The highest BCUT2D eigenvalue weighted by molar-refractivity contribution is 8.02. The monoisotopic (exact) mass is 337 g/mol. The number of nitrogens with two attached hydrogens (primary N) is 1. The van der Waals surface area contributed by atoms with Gasteiger partial charge in [-0.3, -0.25) is 0 Å². The van der Waals surface area contributed by atoms with Crippen LogP contribution in [-0.4, -0.2) is 21.5 Å². The van der Waals surface area contributed by atoms with Gasteiger partial charge in [-0.15, -0.1) is 23.1 Å². The smallest absolute Gasteiger partial charge is 0.190 e. The Bertz CT molecular complexity index is 760. The number of aromatic nitrogens is 2. The summed E-state index contributed by atoms with van der Waals surface area (Å²) in [4.78, 5) is 10.3. The molecule has 0 amide bonds. The van der Waals surface area contributed by atoms with Crippen LogP contribution in [0.5, 0.6) is 0 Å². The van der Waals surface area contributed by atoms with Crippen molar-refractivity contribution in [3.8, 4) is 0 Å². The van der Waals surface area contributed by atoms with Crippen LogP contribution in [0.15, 0.2) is 45.8 Å². The van der Waals surface area contributed by atoms with E-state index >= 15 is 0 Å². The molecule has 3 aromatic rings. The van der Waals surface area contributed by atoms with Crippen LogP contribution in [0.3, 0.4) is 0 Å². The number of benzene rings is 1. The number of fused-ring (bicyclic) bond motifs is 1. The second-order valence-corrected chi connectivity index (χ2v) is 7.25. The highest BCUT2D eigenvalue weighted by Crippen LogP contribution is 2.27. The number of hydrogen-bond donors (Lipinski definition) is 1. The molecule has 0 aliphatic carbocycles. The SMILES string of the molecule is Nc1nc(SCCSc2ccccc2F)nc2sccc12. The van der Waals surface area contributed by atoms with Crippen molar-refractivity contribution in [2.24, 2.45) is 0 Å². The lowest BCUT2D eigenvalue weighted by atomic mass is 10.3. The minimum Gasteiger partial charge on any atom is -0.383 e. The van der Waals surface area contributed by atoms with Gasteiger partial charge in [-0.25, -0.2) is 14.4 Å². The minimum absolute atomic E-state index is 0.173. The predicted octanol–water partition coefficient (Wildman–Crippen LogP) is 4.30. The van der Waals surface area contributed by atoms with E-state index < -0.39 is 0 Å². The number of hydrogen-bond acceptors (Lipinski definition) is 6. The minimum atomic E-state index is -0.173. The maximum atomic E-state index is 13.5. The molecule has 3 nitrogen and oxygen atoms in total. The molecule has 0 aliphatic heterocycles. The van der Waals surface area contributed by atoms with Crippen molar-refractivity contribution in [2.45, 2.75) is 10.1 Å². The highest BCUT2D eigenvalue weighted by Gasteiger charge is 2.07. The lowest BCUT2D eigenvalue weighted by Gasteiger charge is -2.03. The van der Waals surface area contributed by atoms with E-state index in [4.69, 9.17) is 5.73 Å². The van der Waals surface area contributed by atoms with Crippen molar-refractivity contribution in [3.63, 3.8) is 0 Å². The molecule has 0 bridgehead atoms. The molecule has 0 radical (unpaired) electrons. The van der Waals surface area contributed by atoms with E-state index in [1.807, 2.05) is 17.5 Å². The summed E-state index contributed by atoms with van der Waals surface area (Å²) in [6.07, 6.45) is 0. The van der Waals surface area contributed by atoms with Gasteiger partial charge in [0.05, 0.1) is 5.39 Å². The van der Waals surface area contributed by atoms with Crippen LogP contribution in [0.1, 0.15) is 0 Å². The molecular weight excluding hydrogens is 325 g/mol. The van der Waals surface area contributed by atoms with Crippen molar-refractivity contribution in [3.05, 3.63) is 41.5 Å². The first-order chi connectivity index (χ1) is 10.2. The number of thioether (sulfide) groups is 2. The van der Waals surface area contributed by atoms with Gasteiger partial charge in [-0.1, -0.05) is 23.9 Å². The van der Waals surface area contributed by atoms with Crippen molar-refractivity contribution in [1.29, 1.82) is 0 Å². The summed E-state index contributed by atoms with van der Waals surface area (Å²) in [6.45, 7) is 0. The molecule has 0 fully saturated rings. The van der Waals surface area contributed by atoms with Crippen LogP contribution in [-0.2, 0) is 0 Å². The second-order valence-electron chi connectivity index (χ2n) is 4.16. The van der Waals surface area contributed by atoms with Crippen LogP contribution in [0.4, 0.5) is 10.2 Å². The fourth-order valence-corrected chi connectivity index (χ4v) is 4.37. The van der Waals surface area contributed by atoms with E-state index in [0.29, 0.717) is 15.9 Å². The number of rotatable bonds is 5. The molecule has 1 aromatic carbocycles. The van der Waals surface area contributed by atoms with Gasteiger partial charge in [0, 0.05) is 16.4 Å². The lowest BCUT2D eigenvalue weighted by molar-refractivity contribution is 0.602. The molecule has 0 saturated heterocycles. The Morgan fingerprint density at radius 1 is 1.10 bits per heavy atom. The Morgan fingerprint density at radius 3 is 2.76 bits per heavy atom. The summed E-state index contributed by atoms with van der Waals surface area (Å²) < 4.78 is 13.5. The number of anilines is 1. The zero-order valence-corrected chi connectivity index (χ0v) is 13.4. The lowest BCUT2D eigenvalue weighted by Crippen LogP contribution is -1.96. The molecule has 2 heterocycles. The van der Waals surface area contributed by atoms with Crippen LogP contribution in [0, 0.1) is 5.82 Å². The van der Waals surface area contributed by atoms with Gasteiger partial charge in [-0.2, -0.15) is 0 Å². The summed E-state index contributed by atoms with van der Waals surface area (Å²) in [6, 6.07) is 8.73. The first kappa shape index (κ1) is 14.6. The first-order valence-corrected chi connectivity index (χ1v) is 9.10. The fraction of sp³-hybridized carbons (Fsp3) is 0.143. The van der Waals surface area contributed by atoms with Crippen molar-refractivity contribution in [2.75, 3.05) is 17.2 Å². The van der Waals surface area contributed by atoms with Gasteiger partial charge >= 0.3 is 0 Å². The molecule has 0 unspecified atom stereocenters. The molecule has 21 heavy (non-hydrogen) atoms. The van der Waals surface area contributed by atoms with Gasteiger partial charge < -0.3 is 5.73 Å². The van der Waals surface area contributed by atoms with E-state index in [1.165, 1.54) is 29.6 Å². The van der Waals surface area contributed by atoms with Gasteiger partial charge in [-0.05, 0) is 23.6 Å². The third kappa shape index (κ3) is 3.48. The van der Waals surface area contributed by atoms with Crippen molar-refractivity contribution >= 4 is 50.9 Å². The average molecular weight is 337 g/mol. The van der Waals surface area contributed by atoms with E-state index in [9.17, 15) is 4.39 Å². The third-order valence-corrected chi connectivity index (χ3v) is 5.71. The standard InChI is InChI=1S/C14H12FN3S3/c15-10-3-1-2-4-11(10)19-7-8-21-14-17-12(16)9-5-6-20-13(9)18-14/h1-6H,7-8H2,(H2,16,17,18). The van der Waals surface area contributed by atoms with Gasteiger partial charge in [0.2, 0.25) is 0 Å². The van der Waals surface area contributed by atoms with Crippen molar-refractivity contribution < 1.29 is 4.39 Å². The maximum absolute atomic E-state index is 13.5. The molecule has 2 N–H and O–H groups in total. The van der Waals surface area contributed by atoms with Crippen LogP contribution < -0.4 is 5.73 Å². The van der Waals surface area contributed by atoms with E-state index in [1.54, 1.807) is 23.5 Å². The molecular formula is C14H12FN3S3. The maximum Gasteiger partial charge on any atom is 0.190 e. The largest absolute Gasteiger partial charge is 0.383 e. The second kappa shape index (κ2) is 6.64. The average Bonchev–Trinajstić information content (AvgIpc) is 2.94. The number of nitrogens with zero attached hydrogens (tertiary/aromatic N) is 2. The summed E-state index contributed by atoms with van der Waals surface area (Å²) in [5.41, 5.74) is 5.90. The Kier molecular flexibility index (Phi) is 4.62. The summed E-state index contributed by atoms with van der Waals surface area (Å²) in [7, 11) is 0. The third-order valence-electron chi connectivity index (χ3n) is 2.74. The molecule has 0 aliphatic rings. The Labute approximate surface area is 134 Å². The van der Waals surface area contributed by atoms with Gasteiger partial charge in [0.15, 0.2) is 5.16 Å². The zero-order valence-electron chi connectivity index (χ0n) is 11.0. The predicted molar refractivity (Wildman–Crippen MR) is 89.7 cm³/mol. The normalized spacial score (nSPS) is 11.1. The van der Waals surface area contributed by atoms with Crippen LogP contribution in [0.25, 0.3) is 10.2 Å². The Morgan fingerprint density at radius 2 is 1.90 bits per heavy atom. The van der Waals surface area contributed by atoms with Gasteiger partial charge in [0.1, 0.15) is 16.5 Å². The number of halogens is 1. The van der Waals surface area contributed by atoms with E-state index in [0.717, 1.165) is 21.7 Å². The molecule has 0 spiro atoms. The molecule has 108 valence electrons. The topological polar surface area (TPSA) is 51.8 Å². The summed E-state index contributed by atoms with van der Waals surface area (Å²) in [5, 5.41) is 3.54. The van der Waals surface area contributed by atoms with Crippen LogP contribution >= 0.6 is 34.9 Å². The highest BCUT2D eigenvalue weighted by atomic mass is 32.2. The van der Waals surface area contributed by atoms with E-state index in [2.05, 4.69) is 9.97 Å². The van der Waals surface area contributed by atoms with Crippen molar-refractivity contribution in [1.82, 2.24) is 9.97 Å². The molecule has 0 saturated carbocycles. The molecule has 3 rings (SSSR count). The Balaban J connectivity index is 1.58. The Hall–Kier alpha value is -1.31. The van der Waals surface area contributed by atoms with Gasteiger partial charge in [0.25, 0.3) is 0 Å². The molecule has 2 aromatic heterocycles. The quantitative estimate of drug-likeness (QED) is 0.427. The number of thiophene rings is 1. The molecule has 7 heteroatoms. The first-order valence-electron chi connectivity index (χ1n) is 6.25. The molecule has 0 atom stereocenters.